The second-order valence-corrected chi connectivity index (χ2v) is 9.20. The van der Waals surface area contributed by atoms with Crippen LogP contribution in [0, 0.1) is 26.7 Å². The molecule has 7 heteroatoms. The molecule has 1 aliphatic rings. The molecule has 0 bridgehead atoms. The summed E-state index contributed by atoms with van der Waals surface area (Å²) < 4.78 is 7.21. The lowest BCUT2D eigenvalue weighted by Gasteiger charge is -2.23. The molecule has 1 aromatic heterocycles. The molecule has 1 amide bonds. The van der Waals surface area contributed by atoms with E-state index >= 15 is 0 Å². The number of aromatic nitrogens is 3. The summed E-state index contributed by atoms with van der Waals surface area (Å²) in [6, 6.07) is 4.46. The molecule has 0 aliphatic carbocycles. The third-order valence-electron chi connectivity index (χ3n) is 6.12. The zero-order chi connectivity index (χ0) is 22.5. The van der Waals surface area contributed by atoms with Crippen molar-refractivity contribution in [3.8, 4) is 0 Å². The molecule has 1 N–H and O–H groups in total. The van der Waals surface area contributed by atoms with Gasteiger partial charge in [0.25, 0.3) is 0 Å². The fraction of sp³-hybridized carbons (Fsp3) is 0.625. The van der Waals surface area contributed by atoms with Gasteiger partial charge in [-0.15, -0.1) is 10.2 Å². The lowest BCUT2D eigenvalue weighted by Crippen LogP contribution is -2.34. The molecule has 0 saturated heterocycles. The number of rotatable bonds is 8. The lowest BCUT2D eigenvalue weighted by molar-refractivity contribution is -0.125. The molecule has 0 spiro atoms. The molecular formula is C24H37N5O2. The largest absolute Gasteiger partial charge is 0.375 e. The number of carbonyl (C=O) groups is 1. The van der Waals surface area contributed by atoms with Gasteiger partial charge in [0.1, 0.15) is 12.4 Å². The number of nitrogens with zero attached hydrogens (tertiary/aromatic N) is 4. The van der Waals surface area contributed by atoms with E-state index in [-0.39, 0.29) is 18.6 Å². The van der Waals surface area contributed by atoms with Crippen LogP contribution in [-0.4, -0.2) is 52.4 Å². The van der Waals surface area contributed by atoms with Gasteiger partial charge in [0.15, 0.2) is 5.82 Å². The van der Waals surface area contributed by atoms with E-state index in [4.69, 9.17) is 4.74 Å². The molecule has 7 nitrogen and oxygen atoms in total. The third kappa shape index (κ3) is 5.92. The fourth-order valence-electron chi connectivity index (χ4n) is 4.30. The molecular weight excluding hydrogens is 390 g/mol. The minimum absolute atomic E-state index is 0.0543. The van der Waals surface area contributed by atoms with Crippen LogP contribution in [0.25, 0.3) is 0 Å². The highest BCUT2D eigenvalue weighted by Crippen LogP contribution is 2.23. The Morgan fingerprint density at radius 3 is 2.55 bits per heavy atom. The summed E-state index contributed by atoms with van der Waals surface area (Å²) in [4.78, 5) is 14.7. The Kier molecular flexibility index (Phi) is 7.84. The standard InChI is InChI=1S/C24H37N5O2/c1-16(2)11-21(25-23(30)15-31-6)24-27-26-22-7-8-28(9-10-29(22)24)14-20-13-18(4)17(3)12-19(20)5/h12-13,16,21H,7-11,14-15H2,1-6H3,(H,25,30)/t21-/m0/s1. The highest BCUT2D eigenvalue weighted by molar-refractivity contribution is 5.77. The number of hydrogen-bond acceptors (Lipinski definition) is 5. The van der Waals surface area contributed by atoms with Gasteiger partial charge in [-0.25, -0.2) is 0 Å². The molecule has 170 valence electrons. The van der Waals surface area contributed by atoms with Gasteiger partial charge in [0.05, 0.1) is 6.04 Å². The molecule has 0 saturated carbocycles. The van der Waals surface area contributed by atoms with Crippen molar-refractivity contribution in [3.05, 3.63) is 46.0 Å². The number of nitrogens with one attached hydrogen (secondary N) is 1. The van der Waals surface area contributed by atoms with E-state index in [0.29, 0.717) is 5.92 Å². The van der Waals surface area contributed by atoms with Gasteiger partial charge < -0.3 is 14.6 Å². The van der Waals surface area contributed by atoms with Gasteiger partial charge in [0, 0.05) is 39.7 Å². The number of benzene rings is 1. The Balaban J connectivity index is 1.74. The van der Waals surface area contributed by atoms with Gasteiger partial charge in [-0.3, -0.25) is 9.69 Å². The molecule has 3 rings (SSSR count). The summed E-state index contributed by atoms with van der Waals surface area (Å²) in [5.74, 6) is 2.17. The second-order valence-electron chi connectivity index (χ2n) is 9.20. The fourth-order valence-corrected chi connectivity index (χ4v) is 4.30. The highest BCUT2D eigenvalue weighted by Gasteiger charge is 2.26. The number of ether oxygens (including phenoxy) is 1. The number of methoxy groups -OCH3 is 1. The van der Waals surface area contributed by atoms with E-state index < -0.39 is 0 Å². The van der Waals surface area contributed by atoms with Crippen molar-refractivity contribution in [2.75, 3.05) is 26.8 Å². The van der Waals surface area contributed by atoms with E-state index in [0.717, 1.165) is 50.7 Å². The first-order valence-electron chi connectivity index (χ1n) is 11.3. The number of fused-ring (bicyclic) bond motifs is 1. The van der Waals surface area contributed by atoms with Crippen LogP contribution in [0.4, 0.5) is 0 Å². The summed E-state index contributed by atoms with van der Waals surface area (Å²) in [6.07, 6.45) is 1.68. The predicted molar refractivity (Wildman–Crippen MR) is 122 cm³/mol. The third-order valence-corrected chi connectivity index (χ3v) is 6.12. The zero-order valence-corrected chi connectivity index (χ0v) is 19.9. The quantitative estimate of drug-likeness (QED) is 0.701. The molecule has 1 aromatic carbocycles. The Labute approximate surface area is 186 Å². The van der Waals surface area contributed by atoms with Gasteiger partial charge in [-0.05, 0) is 55.4 Å². The SMILES string of the molecule is COCC(=O)N[C@@H](CC(C)C)c1nnc2n1CCN(Cc1cc(C)c(C)cc1C)CC2. The second kappa shape index (κ2) is 10.4. The van der Waals surface area contributed by atoms with Crippen LogP contribution in [0.15, 0.2) is 12.1 Å². The van der Waals surface area contributed by atoms with Crippen LogP contribution in [0.3, 0.4) is 0 Å². The summed E-state index contributed by atoms with van der Waals surface area (Å²) in [7, 11) is 1.53. The van der Waals surface area contributed by atoms with Crippen molar-refractivity contribution >= 4 is 5.91 Å². The molecule has 1 atom stereocenters. The number of amides is 1. The maximum absolute atomic E-state index is 12.2. The van der Waals surface area contributed by atoms with Crippen LogP contribution in [0.5, 0.6) is 0 Å². The van der Waals surface area contributed by atoms with E-state index in [1.54, 1.807) is 0 Å². The first-order chi connectivity index (χ1) is 14.8. The summed E-state index contributed by atoms with van der Waals surface area (Å²) in [6.45, 7) is 14.6. The zero-order valence-electron chi connectivity index (χ0n) is 19.9. The van der Waals surface area contributed by atoms with Crippen molar-refractivity contribution < 1.29 is 9.53 Å². The summed E-state index contributed by atoms with van der Waals surface area (Å²) in [5, 5.41) is 12.1. The normalized spacial score (nSPS) is 15.6. The van der Waals surface area contributed by atoms with Crippen molar-refractivity contribution in [1.82, 2.24) is 25.0 Å². The van der Waals surface area contributed by atoms with Gasteiger partial charge in [0.2, 0.25) is 5.91 Å². The van der Waals surface area contributed by atoms with Crippen molar-refractivity contribution in [3.63, 3.8) is 0 Å². The first kappa shape index (κ1) is 23.4. The summed E-state index contributed by atoms with van der Waals surface area (Å²) in [5.41, 5.74) is 5.44. The Morgan fingerprint density at radius 2 is 1.84 bits per heavy atom. The Bertz CT molecular complexity index is 906. The van der Waals surface area contributed by atoms with E-state index in [1.807, 2.05) is 0 Å². The summed E-state index contributed by atoms with van der Waals surface area (Å²) >= 11 is 0. The maximum atomic E-state index is 12.2. The molecule has 1 aliphatic heterocycles. The van der Waals surface area contributed by atoms with Crippen LogP contribution < -0.4 is 5.32 Å². The average Bonchev–Trinajstić information content (AvgIpc) is 2.99. The van der Waals surface area contributed by atoms with Crippen LogP contribution in [-0.2, 0) is 29.0 Å². The van der Waals surface area contributed by atoms with Gasteiger partial charge in [-0.2, -0.15) is 0 Å². The van der Waals surface area contributed by atoms with E-state index in [1.165, 1.54) is 29.4 Å². The van der Waals surface area contributed by atoms with Crippen LogP contribution in [0.2, 0.25) is 0 Å². The van der Waals surface area contributed by atoms with Gasteiger partial charge in [-0.1, -0.05) is 26.0 Å². The van der Waals surface area contributed by atoms with Crippen molar-refractivity contribution in [2.24, 2.45) is 5.92 Å². The van der Waals surface area contributed by atoms with E-state index in [9.17, 15) is 4.79 Å². The minimum atomic E-state index is -0.155. The van der Waals surface area contributed by atoms with Crippen LogP contribution in [0.1, 0.15) is 60.2 Å². The molecule has 0 unspecified atom stereocenters. The average molecular weight is 428 g/mol. The van der Waals surface area contributed by atoms with Crippen molar-refractivity contribution in [2.45, 2.75) is 66.6 Å². The topological polar surface area (TPSA) is 72.3 Å². The van der Waals surface area contributed by atoms with Crippen molar-refractivity contribution in [1.29, 1.82) is 0 Å². The smallest absolute Gasteiger partial charge is 0.246 e. The maximum Gasteiger partial charge on any atom is 0.246 e. The molecule has 31 heavy (non-hydrogen) atoms. The monoisotopic (exact) mass is 427 g/mol. The van der Waals surface area contributed by atoms with Gasteiger partial charge >= 0.3 is 0 Å². The Hall–Kier alpha value is -2.25. The molecule has 0 radical (unpaired) electrons. The molecule has 0 fully saturated rings. The highest BCUT2D eigenvalue weighted by atomic mass is 16.5. The Morgan fingerprint density at radius 1 is 1.10 bits per heavy atom. The number of aryl methyl sites for hydroxylation is 3. The van der Waals surface area contributed by atoms with Crippen LogP contribution >= 0.6 is 0 Å². The molecule has 2 aromatic rings. The van der Waals surface area contributed by atoms with E-state index in [2.05, 4.69) is 71.7 Å². The minimum Gasteiger partial charge on any atom is -0.375 e. The first-order valence-corrected chi connectivity index (χ1v) is 11.3. The molecule has 2 heterocycles. The number of hydrogen-bond donors (Lipinski definition) is 1. The lowest BCUT2D eigenvalue weighted by atomic mass is 10.0. The predicted octanol–water partition coefficient (Wildman–Crippen LogP) is 3.11. The number of carbonyl (C=O) groups excluding carboxylic acids is 1.